The maximum absolute atomic E-state index is 14.0. The number of primary amides is 1. The average Bonchev–Trinajstić information content (AvgIpc) is 3.30. The van der Waals surface area contributed by atoms with Crippen molar-refractivity contribution in [2.75, 3.05) is 18.0 Å². The normalized spacial score (nSPS) is 13.2. The van der Waals surface area contributed by atoms with Gasteiger partial charge in [-0.15, -0.1) is 0 Å². The van der Waals surface area contributed by atoms with Crippen molar-refractivity contribution >= 4 is 17.5 Å². The largest absolute Gasteiger partial charge is 0.366 e. The van der Waals surface area contributed by atoms with Crippen LogP contribution in [0.5, 0.6) is 0 Å². The van der Waals surface area contributed by atoms with E-state index in [9.17, 15) is 18.4 Å². The van der Waals surface area contributed by atoms with E-state index in [0.717, 1.165) is 24.7 Å². The number of para-hydroxylation sites is 1. The van der Waals surface area contributed by atoms with E-state index >= 15 is 0 Å². The van der Waals surface area contributed by atoms with Gasteiger partial charge in [0.05, 0.1) is 18.3 Å². The van der Waals surface area contributed by atoms with Gasteiger partial charge >= 0.3 is 0 Å². The molecule has 38 heavy (non-hydrogen) atoms. The fourth-order valence-corrected chi connectivity index (χ4v) is 4.94. The van der Waals surface area contributed by atoms with Gasteiger partial charge in [0, 0.05) is 35.6 Å². The number of carbonyl (C=O) groups excluding carboxylic acids is 2. The van der Waals surface area contributed by atoms with E-state index in [1.165, 1.54) is 17.7 Å². The fraction of sp³-hybridized carbons (Fsp3) is 0.167. The summed E-state index contributed by atoms with van der Waals surface area (Å²) in [6, 6.07) is 20.9. The number of halogens is 2. The summed E-state index contributed by atoms with van der Waals surface area (Å²) in [6.45, 7) is 0.853. The van der Waals surface area contributed by atoms with E-state index in [-0.39, 0.29) is 18.9 Å². The zero-order chi connectivity index (χ0) is 26.6. The van der Waals surface area contributed by atoms with E-state index in [1.807, 2.05) is 35.2 Å². The number of amides is 2. The molecule has 0 fully saturated rings. The number of nitrogens with zero attached hydrogens (tertiary/aromatic N) is 2. The van der Waals surface area contributed by atoms with Crippen molar-refractivity contribution in [1.29, 1.82) is 0 Å². The zero-order valence-electron chi connectivity index (χ0n) is 20.5. The van der Waals surface area contributed by atoms with Gasteiger partial charge in [-0.25, -0.2) is 8.78 Å². The van der Waals surface area contributed by atoms with E-state index in [4.69, 9.17) is 5.73 Å². The van der Waals surface area contributed by atoms with Gasteiger partial charge in [0.25, 0.3) is 0 Å². The quantitative estimate of drug-likeness (QED) is 0.362. The standard InChI is InChI=1S/C30H26F2N4O2/c31-23-13-19(14-24(32)17-23)15-26(35-28(37)18-36-12-10-20-5-1-2-9-27(20)36)29-25(8-4-11-34-29)21-6-3-7-22(16-21)30(33)38/h1-9,11,13-14,16-17,26H,10,12,15,18H2,(H2,33,38)(H,35,37). The number of rotatable bonds is 8. The molecule has 1 aliphatic heterocycles. The van der Waals surface area contributed by atoms with Crippen molar-refractivity contribution in [2.24, 2.45) is 5.73 Å². The summed E-state index contributed by atoms with van der Waals surface area (Å²) in [5.41, 5.74) is 10.3. The molecule has 1 aromatic heterocycles. The lowest BCUT2D eigenvalue weighted by molar-refractivity contribution is -0.120. The highest BCUT2D eigenvalue weighted by atomic mass is 19.1. The van der Waals surface area contributed by atoms with Gasteiger partial charge in [-0.05, 0) is 65.9 Å². The predicted octanol–water partition coefficient (Wildman–Crippen LogP) is 4.59. The SMILES string of the molecule is NC(=O)c1cccc(-c2cccnc2C(Cc2cc(F)cc(F)c2)NC(=O)CN2CCc3ccccc32)c1. The van der Waals surface area contributed by atoms with Crippen LogP contribution in [0.2, 0.25) is 0 Å². The molecule has 0 bridgehead atoms. The first-order valence-corrected chi connectivity index (χ1v) is 12.3. The van der Waals surface area contributed by atoms with Crippen molar-refractivity contribution < 1.29 is 18.4 Å². The van der Waals surface area contributed by atoms with Crippen molar-refractivity contribution in [3.05, 3.63) is 119 Å². The highest BCUT2D eigenvalue weighted by Gasteiger charge is 2.25. The van der Waals surface area contributed by atoms with Gasteiger partial charge in [0.15, 0.2) is 0 Å². The van der Waals surface area contributed by atoms with Gasteiger partial charge < -0.3 is 16.0 Å². The fourth-order valence-electron chi connectivity index (χ4n) is 4.94. The summed E-state index contributed by atoms with van der Waals surface area (Å²) in [5, 5.41) is 3.05. The second-order valence-corrected chi connectivity index (χ2v) is 9.28. The Morgan fingerprint density at radius 1 is 0.974 bits per heavy atom. The number of nitrogens with two attached hydrogens (primary N) is 1. The molecule has 192 valence electrons. The van der Waals surface area contributed by atoms with Crippen LogP contribution in [0.3, 0.4) is 0 Å². The maximum atomic E-state index is 14.0. The van der Waals surface area contributed by atoms with E-state index in [0.29, 0.717) is 27.9 Å². The molecule has 0 aliphatic carbocycles. The van der Waals surface area contributed by atoms with Crippen molar-refractivity contribution in [3.63, 3.8) is 0 Å². The summed E-state index contributed by atoms with van der Waals surface area (Å²) in [6.07, 6.45) is 2.56. The van der Waals surface area contributed by atoms with Gasteiger partial charge in [0.2, 0.25) is 11.8 Å². The Balaban J connectivity index is 1.48. The minimum Gasteiger partial charge on any atom is -0.366 e. The topological polar surface area (TPSA) is 88.3 Å². The minimum absolute atomic E-state index is 0.108. The van der Waals surface area contributed by atoms with Gasteiger partial charge in [-0.2, -0.15) is 0 Å². The highest BCUT2D eigenvalue weighted by Crippen LogP contribution is 2.30. The maximum Gasteiger partial charge on any atom is 0.248 e. The molecular weight excluding hydrogens is 486 g/mol. The first-order valence-electron chi connectivity index (χ1n) is 12.3. The Morgan fingerprint density at radius 2 is 1.76 bits per heavy atom. The van der Waals surface area contributed by atoms with Crippen LogP contribution in [0.25, 0.3) is 11.1 Å². The van der Waals surface area contributed by atoms with Crippen LogP contribution in [0.1, 0.15) is 33.2 Å². The van der Waals surface area contributed by atoms with Crippen molar-refractivity contribution in [3.8, 4) is 11.1 Å². The molecule has 8 heteroatoms. The number of fused-ring (bicyclic) bond motifs is 1. The van der Waals surface area contributed by atoms with Gasteiger partial charge in [-0.3, -0.25) is 14.6 Å². The van der Waals surface area contributed by atoms with Crippen molar-refractivity contribution in [2.45, 2.75) is 18.9 Å². The van der Waals surface area contributed by atoms with E-state index < -0.39 is 23.6 Å². The third-order valence-corrected chi connectivity index (χ3v) is 6.64. The summed E-state index contributed by atoms with van der Waals surface area (Å²) >= 11 is 0. The second kappa shape index (κ2) is 10.8. The summed E-state index contributed by atoms with van der Waals surface area (Å²) in [4.78, 5) is 31.7. The predicted molar refractivity (Wildman–Crippen MR) is 141 cm³/mol. The number of nitrogens with one attached hydrogen (secondary N) is 1. The number of hydrogen-bond acceptors (Lipinski definition) is 4. The lowest BCUT2D eigenvalue weighted by Gasteiger charge is -2.24. The number of pyridine rings is 1. The molecule has 1 atom stereocenters. The number of aromatic nitrogens is 1. The average molecular weight is 513 g/mol. The first kappa shape index (κ1) is 25.1. The molecule has 3 N–H and O–H groups in total. The Labute approximate surface area is 219 Å². The third kappa shape index (κ3) is 5.54. The lowest BCUT2D eigenvalue weighted by Crippen LogP contribution is -2.39. The van der Waals surface area contributed by atoms with E-state index in [1.54, 1.807) is 30.5 Å². The number of benzene rings is 3. The summed E-state index contributed by atoms with van der Waals surface area (Å²) in [7, 11) is 0. The molecule has 0 spiro atoms. The van der Waals surface area contributed by atoms with Crippen LogP contribution in [0.4, 0.5) is 14.5 Å². The number of anilines is 1. The highest BCUT2D eigenvalue weighted by molar-refractivity contribution is 5.94. The Bertz CT molecular complexity index is 1490. The summed E-state index contributed by atoms with van der Waals surface area (Å²) < 4.78 is 28.1. The monoisotopic (exact) mass is 512 g/mol. The zero-order valence-corrected chi connectivity index (χ0v) is 20.5. The lowest BCUT2D eigenvalue weighted by atomic mass is 9.94. The van der Waals surface area contributed by atoms with Gasteiger partial charge in [0.1, 0.15) is 11.6 Å². The van der Waals surface area contributed by atoms with Crippen LogP contribution in [0, 0.1) is 11.6 Å². The molecular formula is C30H26F2N4O2. The molecule has 4 aromatic rings. The molecule has 2 amide bonds. The molecule has 6 nitrogen and oxygen atoms in total. The third-order valence-electron chi connectivity index (χ3n) is 6.64. The van der Waals surface area contributed by atoms with E-state index in [2.05, 4.69) is 16.4 Å². The van der Waals surface area contributed by atoms with Crippen LogP contribution >= 0.6 is 0 Å². The Morgan fingerprint density at radius 3 is 2.55 bits per heavy atom. The molecule has 0 radical (unpaired) electrons. The number of hydrogen-bond donors (Lipinski definition) is 2. The molecule has 2 heterocycles. The number of carbonyl (C=O) groups is 2. The summed E-state index contributed by atoms with van der Waals surface area (Å²) in [5.74, 6) is -2.21. The van der Waals surface area contributed by atoms with Gasteiger partial charge in [-0.1, -0.05) is 36.4 Å². The van der Waals surface area contributed by atoms with Crippen molar-refractivity contribution in [1.82, 2.24) is 10.3 Å². The van der Waals surface area contributed by atoms with Crippen LogP contribution in [0.15, 0.2) is 85.1 Å². The Kier molecular flexibility index (Phi) is 7.13. The smallest absolute Gasteiger partial charge is 0.248 e. The molecule has 0 saturated carbocycles. The van der Waals surface area contributed by atoms with Crippen LogP contribution in [-0.2, 0) is 17.6 Å². The second-order valence-electron chi connectivity index (χ2n) is 9.28. The minimum atomic E-state index is -0.700. The molecule has 1 unspecified atom stereocenters. The molecule has 3 aromatic carbocycles. The first-order chi connectivity index (χ1) is 18.4. The molecule has 0 saturated heterocycles. The Hall–Kier alpha value is -4.59. The molecule has 1 aliphatic rings. The van der Waals surface area contributed by atoms with Crippen LogP contribution < -0.4 is 16.0 Å². The molecule has 5 rings (SSSR count). The van der Waals surface area contributed by atoms with Crippen LogP contribution in [-0.4, -0.2) is 29.9 Å².